The van der Waals surface area contributed by atoms with Gasteiger partial charge in [-0.1, -0.05) is 6.07 Å². The Morgan fingerprint density at radius 3 is 2.88 bits per heavy atom. The zero-order valence-corrected chi connectivity index (χ0v) is 9.60. The first kappa shape index (κ1) is 12.4. The minimum atomic E-state index is -0.159. The van der Waals surface area contributed by atoms with Gasteiger partial charge in [-0.15, -0.1) is 0 Å². The van der Waals surface area contributed by atoms with Crippen LogP contribution in [-0.2, 0) is 0 Å². The lowest BCUT2D eigenvalue weighted by Gasteiger charge is -2.19. The van der Waals surface area contributed by atoms with Crippen LogP contribution in [0.1, 0.15) is 17.4 Å². The number of pyridine rings is 1. The van der Waals surface area contributed by atoms with Gasteiger partial charge in [0.15, 0.2) is 0 Å². The molecule has 88 valence electrons. The van der Waals surface area contributed by atoms with Crippen molar-refractivity contribution in [1.29, 1.82) is 0 Å². The number of carbonyl (C=O) groups excluding carboxylic acids is 1. The Kier molecular flexibility index (Phi) is 4.72. The molecule has 0 aromatic carbocycles. The predicted octanol–water partition coefficient (Wildman–Crippen LogP) is 0.578. The summed E-state index contributed by atoms with van der Waals surface area (Å²) in [4.78, 5) is 17.7. The second-order valence-corrected chi connectivity index (χ2v) is 3.27. The van der Waals surface area contributed by atoms with Gasteiger partial charge >= 0.3 is 0 Å². The third-order valence-corrected chi connectivity index (χ3v) is 2.26. The molecule has 0 unspecified atom stereocenters. The van der Waals surface area contributed by atoms with E-state index in [9.17, 15) is 4.79 Å². The van der Waals surface area contributed by atoms with Crippen molar-refractivity contribution in [2.75, 3.05) is 32.1 Å². The van der Waals surface area contributed by atoms with Gasteiger partial charge in [0.1, 0.15) is 11.5 Å². The summed E-state index contributed by atoms with van der Waals surface area (Å²) < 4.78 is 0. The third kappa shape index (κ3) is 2.93. The molecule has 1 aromatic rings. The van der Waals surface area contributed by atoms with Crippen molar-refractivity contribution in [1.82, 2.24) is 9.88 Å². The second-order valence-electron chi connectivity index (χ2n) is 3.27. The maximum atomic E-state index is 12.0. The normalized spacial score (nSPS) is 9.94. The fourth-order valence-corrected chi connectivity index (χ4v) is 1.38. The van der Waals surface area contributed by atoms with Crippen molar-refractivity contribution >= 4 is 11.7 Å². The molecule has 0 aliphatic rings. The first-order valence-corrected chi connectivity index (χ1v) is 5.27. The standard InChI is InChI=1S/C11H17N3O2/c1-3-14(7-8-15)11(16)9-5-4-6-10(12-2)13-9/h4-6,15H,3,7-8H2,1-2H3,(H,12,13). The maximum absolute atomic E-state index is 12.0. The highest BCUT2D eigenvalue weighted by Crippen LogP contribution is 2.06. The van der Waals surface area contributed by atoms with Crippen LogP contribution in [0, 0.1) is 0 Å². The molecule has 2 N–H and O–H groups in total. The van der Waals surface area contributed by atoms with Gasteiger partial charge in [0.25, 0.3) is 5.91 Å². The van der Waals surface area contributed by atoms with Crippen molar-refractivity contribution in [2.45, 2.75) is 6.92 Å². The molecule has 1 amide bonds. The molecular formula is C11H17N3O2. The van der Waals surface area contributed by atoms with Crippen LogP contribution in [0.2, 0.25) is 0 Å². The molecule has 0 bridgehead atoms. The Hall–Kier alpha value is -1.62. The summed E-state index contributed by atoms with van der Waals surface area (Å²) in [5.74, 6) is 0.500. The molecule has 0 radical (unpaired) electrons. The molecule has 0 aliphatic carbocycles. The number of rotatable bonds is 5. The lowest BCUT2D eigenvalue weighted by molar-refractivity contribution is 0.0726. The Labute approximate surface area is 95.1 Å². The van der Waals surface area contributed by atoms with E-state index in [1.165, 1.54) is 0 Å². The molecule has 0 saturated heterocycles. The Bertz CT molecular complexity index is 355. The molecule has 0 saturated carbocycles. The molecule has 0 atom stereocenters. The summed E-state index contributed by atoms with van der Waals surface area (Å²) in [6.45, 7) is 2.73. The summed E-state index contributed by atoms with van der Waals surface area (Å²) >= 11 is 0. The van der Waals surface area contributed by atoms with Gasteiger partial charge in [0.05, 0.1) is 6.61 Å². The van der Waals surface area contributed by atoms with Crippen molar-refractivity contribution in [3.05, 3.63) is 23.9 Å². The van der Waals surface area contributed by atoms with Crippen LogP contribution in [-0.4, -0.2) is 47.6 Å². The minimum absolute atomic E-state index is 0.0364. The lowest BCUT2D eigenvalue weighted by Crippen LogP contribution is -2.33. The minimum Gasteiger partial charge on any atom is -0.395 e. The van der Waals surface area contributed by atoms with Crippen molar-refractivity contribution in [3.63, 3.8) is 0 Å². The van der Waals surface area contributed by atoms with Gasteiger partial charge < -0.3 is 15.3 Å². The summed E-state index contributed by atoms with van der Waals surface area (Å²) in [6.07, 6.45) is 0. The van der Waals surface area contributed by atoms with E-state index in [1.807, 2.05) is 6.92 Å². The number of anilines is 1. The van der Waals surface area contributed by atoms with E-state index in [0.29, 0.717) is 24.6 Å². The van der Waals surface area contributed by atoms with E-state index in [1.54, 1.807) is 30.1 Å². The number of hydrogen-bond donors (Lipinski definition) is 2. The SMILES string of the molecule is CCN(CCO)C(=O)c1cccc(NC)n1. The van der Waals surface area contributed by atoms with Crippen LogP contribution in [0.15, 0.2) is 18.2 Å². The summed E-state index contributed by atoms with van der Waals surface area (Å²) in [7, 11) is 1.75. The van der Waals surface area contributed by atoms with Gasteiger partial charge in [-0.2, -0.15) is 0 Å². The molecule has 16 heavy (non-hydrogen) atoms. The van der Waals surface area contributed by atoms with Crippen LogP contribution < -0.4 is 5.32 Å². The number of likely N-dealkylation sites (N-methyl/N-ethyl adjacent to an activating group) is 1. The zero-order valence-electron chi connectivity index (χ0n) is 9.60. The number of amides is 1. The lowest BCUT2D eigenvalue weighted by atomic mass is 10.3. The number of aliphatic hydroxyl groups is 1. The average Bonchev–Trinajstić information content (AvgIpc) is 2.35. The van der Waals surface area contributed by atoms with Crippen molar-refractivity contribution < 1.29 is 9.90 Å². The highest BCUT2D eigenvalue weighted by Gasteiger charge is 2.14. The molecular weight excluding hydrogens is 206 g/mol. The van der Waals surface area contributed by atoms with E-state index in [2.05, 4.69) is 10.3 Å². The van der Waals surface area contributed by atoms with Crippen LogP contribution in [0.25, 0.3) is 0 Å². The first-order valence-electron chi connectivity index (χ1n) is 5.27. The fourth-order valence-electron chi connectivity index (χ4n) is 1.38. The van der Waals surface area contributed by atoms with E-state index < -0.39 is 0 Å². The van der Waals surface area contributed by atoms with Crippen molar-refractivity contribution in [2.24, 2.45) is 0 Å². The maximum Gasteiger partial charge on any atom is 0.272 e. The largest absolute Gasteiger partial charge is 0.395 e. The zero-order chi connectivity index (χ0) is 12.0. The predicted molar refractivity (Wildman–Crippen MR) is 62.4 cm³/mol. The first-order chi connectivity index (χ1) is 7.72. The number of aliphatic hydroxyl groups excluding tert-OH is 1. The van der Waals surface area contributed by atoms with E-state index >= 15 is 0 Å². The number of nitrogens with one attached hydrogen (secondary N) is 1. The Morgan fingerprint density at radius 2 is 2.31 bits per heavy atom. The van der Waals surface area contributed by atoms with Gasteiger partial charge in [-0.25, -0.2) is 4.98 Å². The Morgan fingerprint density at radius 1 is 1.56 bits per heavy atom. The molecule has 1 rings (SSSR count). The number of carbonyl (C=O) groups is 1. The van der Waals surface area contributed by atoms with Crippen LogP contribution in [0.3, 0.4) is 0 Å². The highest BCUT2D eigenvalue weighted by molar-refractivity contribution is 5.92. The number of aromatic nitrogens is 1. The van der Waals surface area contributed by atoms with Crippen LogP contribution in [0.5, 0.6) is 0 Å². The number of nitrogens with zero attached hydrogens (tertiary/aromatic N) is 2. The van der Waals surface area contributed by atoms with Crippen LogP contribution >= 0.6 is 0 Å². The molecule has 0 spiro atoms. The molecule has 1 heterocycles. The van der Waals surface area contributed by atoms with E-state index in [4.69, 9.17) is 5.11 Å². The van der Waals surface area contributed by atoms with Gasteiger partial charge in [-0.3, -0.25) is 4.79 Å². The highest BCUT2D eigenvalue weighted by atomic mass is 16.3. The van der Waals surface area contributed by atoms with E-state index in [-0.39, 0.29) is 12.5 Å². The topological polar surface area (TPSA) is 65.5 Å². The number of hydrogen-bond acceptors (Lipinski definition) is 4. The monoisotopic (exact) mass is 223 g/mol. The molecule has 5 nitrogen and oxygen atoms in total. The van der Waals surface area contributed by atoms with E-state index in [0.717, 1.165) is 0 Å². The van der Waals surface area contributed by atoms with Crippen molar-refractivity contribution in [3.8, 4) is 0 Å². The molecule has 0 aliphatic heterocycles. The summed E-state index contributed by atoms with van der Waals surface area (Å²) in [5, 5.41) is 11.7. The quantitative estimate of drug-likeness (QED) is 0.766. The van der Waals surface area contributed by atoms with Gasteiger partial charge in [0.2, 0.25) is 0 Å². The van der Waals surface area contributed by atoms with Crippen LogP contribution in [0.4, 0.5) is 5.82 Å². The fraction of sp³-hybridized carbons (Fsp3) is 0.455. The smallest absolute Gasteiger partial charge is 0.272 e. The average molecular weight is 223 g/mol. The summed E-state index contributed by atoms with van der Waals surface area (Å²) in [6, 6.07) is 5.24. The van der Waals surface area contributed by atoms with Gasteiger partial charge in [0, 0.05) is 20.1 Å². The molecule has 5 heteroatoms. The summed E-state index contributed by atoms with van der Waals surface area (Å²) in [5.41, 5.74) is 0.391. The molecule has 0 fully saturated rings. The Balaban J connectivity index is 2.85. The molecule has 1 aromatic heterocycles. The van der Waals surface area contributed by atoms with Gasteiger partial charge in [-0.05, 0) is 19.1 Å². The third-order valence-electron chi connectivity index (χ3n) is 2.26. The second kappa shape index (κ2) is 6.07.